The molecule has 112 valence electrons. The van der Waals surface area contributed by atoms with E-state index >= 15 is 0 Å². The van der Waals surface area contributed by atoms with E-state index in [2.05, 4.69) is 55.9 Å². The smallest absolute Gasteiger partial charge is 0.0573 e. The van der Waals surface area contributed by atoms with Crippen molar-refractivity contribution in [2.45, 2.75) is 53.2 Å². The van der Waals surface area contributed by atoms with Gasteiger partial charge in [-0.1, -0.05) is 33.8 Å². The average Bonchev–Trinajstić information content (AvgIpc) is 2.41. The number of aryl methyl sites for hydroxylation is 1. The molecule has 1 aromatic rings. The fraction of sp³-hybridized carbons (Fsp3) is 0.706. The second-order valence-corrected chi connectivity index (χ2v) is 6.77. The average molecular weight is 275 g/mol. The predicted molar refractivity (Wildman–Crippen MR) is 84.6 cm³/mol. The maximum atomic E-state index is 4.57. The van der Waals surface area contributed by atoms with E-state index in [0.717, 1.165) is 19.6 Å². The molecule has 0 amide bonds. The first-order valence-corrected chi connectivity index (χ1v) is 7.87. The molecular weight excluding hydrogens is 246 g/mol. The van der Waals surface area contributed by atoms with E-state index in [1.54, 1.807) is 0 Å². The van der Waals surface area contributed by atoms with Crippen molar-refractivity contribution in [3.63, 3.8) is 0 Å². The second kappa shape index (κ2) is 6.68. The summed E-state index contributed by atoms with van der Waals surface area (Å²) in [6.07, 6.45) is 1.91. The standard InChI is InChI=1S/C17H29N3/c1-12(2)15-10-20(17(9-19-15)13(3)4)11-16-14(5)7-6-8-18-16/h6-8,12-13,15,17,19H,9-11H2,1-5H3. The van der Waals surface area contributed by atoms with E-state index < -0.39 is 0 Å². The highest BCUT2D eigenvalue weighted by molar-refractivity contribution is 5.17. The molecule has 0 radical (unpaired) electrons. The van der Waals surface area contributed by atoms with Crippen LogP contribution in [0.3, 0.4) is 0 Å². The number of hydrogen-bond acceptors (Lipinski definition) is 3. The molecule has 2 heterocycles. The van der Waals surface area contributed by atoms with Gasteiger partial charge in [-0.15, -0.1) is 0 Å². The Labute approximate surface area is 123 Å². The Morgan fingerprint density at radius 2 is 2.05 bits per heavy atom. The number of aromatic nitrogens is 1. The molecule has 1 fully saturated rings. The van der Waals surface area contributed by atoms with E-state index in [1.165, 1.54) is 11.3 Å². The SMILES string of the molecule is Cc1cccnc1CN1CC(C(C)C)NCC1C(C)C. The fourth-order valence-corrected chi connectivity index (χ4v) is 3.02. The highest BCUT2D eigenvalue weighted by Gasteiger charge is 2.31. The lowest BCUT2D eigenvalue weighted by Crippen LogP contribution is -2.59. The molecule has 1 N–H and O–H groups in total. The van der Waals surface area contributed by atoms with E-state index in [4.69, 9.17) is 0 Å². The lowest BCUT2D eigenvalue weighted by Gasteiger charge is -2.43. The fourth-order valence-electron chi connectivity index (χ4n) is 3.02. The summed E-state index contributed by atoms with van der Waals surface area (Å²) < 4.78 is 0. The zero-order valence-electron chi connectivity index (χ0n) is 13.6. The van der Waals surface area contributed by atoms with Crippen LogP contribution < -0.4 is 5.32 Å². The van der Waals surface area contributed by atoms with Gasteiger partial charge in [0.1, 0.15) is 0 Å². The van der Waals surface area contributed by atoms with Gasteiger partial charge in [0.15, 0.2) is 0 Å². The summed E-state index contributed by atoms with van der Waals surface area (Å²) in [4.78, 5) is 7.20. The minimum atomic E-state index is 0.592. The molecule has 0 bridgehead atoms. The summed E-state index contributed by atoms with van der Waals surface area (Å²) >= 11 is 0. The van der Waals surface area contributed by atoms with Crippen LogP contribution in [-0.2, 0) is 6.54 Å². The van der Waals surface area contributed by atoms with E-state index in [-0.39, 0.29) is 0 Å². The van der Waals surface area contributed by atoms with Gasteiger partial charge in [0, 0.05) is 37.9 Å². The van der Waals surface area contributed by atoms with Crippen LogP contribution in [0.4, 0.5) is 0 Å². The molecule has 0 aromatic carbocycles. The van der Waals surface area contributed by atoms with Crippen molar-refractivity contribution in [3.8, 4) is 0 Å². The van der Waals surface area contributed by atoms with Crippen LogP contribution in [0.15, 0.2) is 18.3 Å². The first kappa shape index (κ1) is 15.5. The highest BCUT2D eigenvalue weighted by Crippen LogP contribution is 2.21. The van der Waals surface area contributed by atoms with Crippen molar-refractivity contribution in [1.29, 1.82) is 0 Å². The second-order valence-electron chi connectivity index (χ2n) is 6.77. The van der Waals surface area contributed by atoms with Gasteiger partial charge in [-0.2, -0.15) is 0 Å². The van der Waals surface area contributed by atoms with E-state index in [1.807, 2.05) is 12.3 Å². The molecule has 2 atom stereocenters. The Morgan fingerprint density at radius 1 is 1.30 bits per heavy atom. The third-order valence-electron chi connectivity index (χ3n) is 4.53. The quantitative estimate of drug-likeness (QED) is 0.916. The Kier molecular flexibility index (Phi) is 5.17. The largest absolute Gasteiger partial charge is 0.311 e. The number of rotatable bonds is 4. The molecule has 1 aromatic heterocycles. The van der Waals surface area contributed by atoms with Crippen molar-refractivity contribution in [2.75, 3.05) is 13.1 Å². The molecule has 0 aliphatic carbocycles. The molecule has 1 saturated heterocycles. The van der Waals surface area contributed by atoms with Crippen molar-refractivity contribution < 1.29 is 0 Å². The van der Waals surface area contributed by atoms with E-state index in [9.17, 15) is 0 Å². The molecule has 20 heavy (non-hydrogen) atoms. The highest BCUT2D eigenvalue weighted by atomic mass is 15.2. The van der Waals surface area contributed by atoms with Crippen LogP contribution in [-0.4, -0.2) is 35.1 Å². The topological polar surface area (TPSA) is 28.2 Å². The van der Waals surface area contributed by atoms with Gasteiger partial charge in [-0.05, 0) is 30.4 Å². The van der Waals surface area contributed by atoms with Crippen LogP contribution in [0.5, 0.6) is 0 Å². The third-order valence-corrected chi connectivity index (χ3v) is 4.53. The Hall–Kier alpha value is -0.930. The number of pyridine rings is 1. The maximum Gasteiger partial charge on any atom is 0.0573 e. The summed E-state index contributed by atoms with van der Waals surface area (Å²) in [5, 5.41) is 3.72. The Morgan fingerprint density at radius 3 is 2.65 bits per heavy atom. The van der Waals surface area contributed by atoms with Crippen molar-refractivity contribution in [3.05, 3.63) is 29.6 Å². The number of piperazine rings is 1. The monoisotopic (exact) mass is 275 g/mol. The summed E-state index contributed by atoms with van der Waals surface area (Å²) in [5.41, 5.74) is 2.53. The Bertz CT molecular complexity index is 428. The molecule has 0 saturated carbocycles. The van der Waals surface area contributed by atoms with Crippen LogP contribution in [0.1, 0.15) is 39.0 Å². The molecule has 3 heteroatoms. The van der Waals surface area contributed by atoms with Gasteiger partial charge in [0.2, 0.25) is 0 Å². The summed E-state index contributed by atoms with van der Waals surface area (Å²) in [5.74, 6) is 1.34. The summed E-state index contributed by atoms with van der Waals surface area (Å²) in [6, 6.07) is 5.38. The number of hydrogen-bond donors (Lipinski definition) is 1. The van der Waals surface area contributed by atoms with Crippen molar-refractivity contribution >= 4 is 0 Å². The molecule has 1 aliphatic heterocycles. The van der Waals surface area contributed by atoms with Crippen molar-refractivity contribution in [1.82, 2.24) is 15.2 Å². The number of nitrogens with zero attached hydrogens (tertiary/aromatic N) is 2. The zero-order chi connectivity index (χ0) is 14.7. The van der Waals surface area contributed by atoms with Gasteiger partial charge in [0.25, 0.3) is 0 Å². The van der Waals surface area contributed by atoms with Gasteiger partial charge in [-0.3, -0.25) is 9.88 Å². The minimum Gasteiger partial charge on any atom is -0.311 e. The van der Waals surface area contributed by atoms with Crippen LogP contribution in [0.2, 0.25) is 0 Å². The van der Waals surface area contributed by atoms with Gasteiger partial charge < -0.3 is 5.32 Å². The first-order chi connectivity index (χ1) is 9.49. The first-order valence-electron chi connectivity index (χ1n) is 7.87. The van der Waals surface area contributed by atoms with Crippen LogP contribution >= 0.6 is 0 Å². The number of nitrogens with one attached hydrogen (secondary N) is 1. The normalized spacial score (nSPS) is 24.6. The molecule has 1 aliphatic rings. The summed E-state index contributed by atoms with van der Waals surface area (Å²) in [6.45, 7) is 14.6. The van der Waals surface area contributed by atoms with Crippen LogP contribution in [0, 0.1) is 18.8 Å². The lowest BCUT2D eigenvalue weighted by atomic mass is 9.94. The van der Waals surface area contributed by atoms with Crippen LogP contribution in [0.25, 0.3) is 0 Å². The molecule has 2 unspecified atom stereocenters. The third kappa shape index (κ3) is 3.58. The van der Waals surface area contributed by atoms with Gasteiger partial charge in [-0.25, -0.2) is 0 Å². The lowest BCUT2D eigenvalue weighted by molar-refractivity contribution is 0.0770. The molecule has 3 nitrogen and oxygen atoms in total. The summed E-state index contributed by atoms with van der Waals surface area (Å²) in [7, 11) is 0. The zero-order valence-corrected chi connectivity index (χ0v) is 13.6. The van der Waals surface area contributed by atoms with Crippen molar-refractivity contribution in [2.24, 2.45) is 11.8 Å². The Balaban J connectivity index is 2.13. The minimum absolute atomic E-state index is 0.592. The van der Waals surface area contributed by atoms with Gasteiger partial charge >= 0.3 is 0 Å². The predicted octanol–water partition coefficient (Wildman–Crippen LogP) is 2.84. The molecule has 0 spiro atoms. The van der Waals surface area contributed by atoms with Gasteiger partial charge in [0.05, 0.1) is 5.69 Å². The maximum absolute atomic E-state index is 4.57. The molecule has 2 rings (SSSR count). The van der Waals surface area contributed by atoms with E-state index in [0.29, 0.717) is 23.9 Å². The molecular formula is C17H29N3.